The molecule has 0 aliphatic rings. The van der Waals surface area contributed by atoms with Crippen LogP contribution in [0.3, 0.4) is 0 Å². The van der Waals surface area contributed by atoms with E-state index in [1.54, 1.807) is 0 Å². The summed E-state index contributed by atoms with van der Waals surface area (Å²) in [6.07, 6.45) is 5.59. The number of carboxylic acid groups (broad SMARTS) is 1. The first-order valence-corrected chi connectivity index (χ1v) is 9.88. The number of aliphatic carboxylic acids is 1. The van der Waals surface area contributed by atoms with Gasteiger partial charge in [-0.3, -0.25) is 14.4 Å². The van der Waals surface area contributed by atoms with E-state index >= 15 is 0 Å². The molecular weight excluding hydrogens is 332 g/mol. The van der Waals surface area contributed by atoms with E-state index < -0.39 is 11.4 Å². The van der Waals surface area contributed by atoms with E-state index in [-0.39, 0.29) is 29.7 Å². The maximum absolute atomic E-state index is 12.5. The Morgan fingerprint density at radius 2 is 1.46 bits per heavy atom. The number of ketones is 1. The van der Waals surface area contributed by atoms with Gasteiger partial charge >= 0.3 is 11.9 Å². The summed E-state index contributed by atoms with van der Waals surface area (Å²) in [6, 6.07) is 0. The van der Waals surface area contributed by atoms with Crippen molar-refractivity contribution in [2.45, 2.75) is 105 Å². The molecule has 0 fully saturated rings. The lowest BCUT2D eigenvalue weighted by Gasteiger charge is -2.40. The zero-order chi connectivity index (χ0) is 20.4. The zero-order valence-electron chi connectivity index (χ0n) is 17.5. The average Bonchev–Trinajstić information content (AvgIpc) is 2.53. The molecule has 5 nitrogen and oxygen atoms in total. The van der Waals surface area contributed by atoms with E-state index in [2.05, 4.69) is 13.8 Å². The number of esters is 1. The van der Waals surface area contributed by atoms with Gasteiger partial charge in [-0.2, -0.15) is 0 Å². The molecule has 1 atom stereocenters. The number of hydrogen-bond donors (Lipinski definition) is 1. The quantitative estimate of drug-likeness (QED) is 0.337. The normalized spacial score (nSPS) is 13.3. The lowest BCUT2D eigenvalue weighted by molar-refractivity contribution is -0.166. The molecular formula is C21H38O5. The van der Waals surface area contributed by atoms with Crippen LogP contribution in [0.15, 0.2) is 0 Å². The van der Waals surface area contributed by atoms with E-state index in [0.717, 1.165) is 32.1 Å². The maximum Gasteiger partial charge on any atom is 0.312 e. The van der Waals surface area contributed by atoms with Crippen molar-refractivity contribution in [3.8, 4) is 0 Å². The summed E-state index contributed by atoms with van der Waals surface area (Å²) in [6.45, 7) is 11.8. The first-order chi connectivity index (χ1) is 11.9. The predicted octanol–water partition coefficient (Wildman–Crippen LogP) is 5.16. The molecule has 0 radical (unpaired) electrons. The molecule has 0 aromatic heterocycles. The summed E-state index contributed by atoms with van der Waals surface area (Å²) >= 11 is 0. The Bertz CT molecular complexity index is 465. The number of hydrogen-bond acceptors (Lipinski definition) is 4. The number of carboxylic acids is 1. The molecule has 1 N–H and O–H groups in total. The molecule has 0 aliphatic heterocycles. The molecule has 0 spiro atoms. The van der Waals surface area contributed by atoms with E-state index in [1.807, 2.05) is 27.7 Å². The summed E-state index contributed by atoms with van der Waals surface area (Å²) in [5.74, 6) is -0.745. The highest BCUT2D eigenvalue weighted by molar-refractivity contribution is 5.78. The van der Waals surface area contributed by atoms with Crippen molar-refractivity contribution in [3.05, 3.63) is 0 Å². The number of carbonyl (C=O) groups is 3. The van der Waals surface area contributed by atoms with Crippen molar-refractivity contribution in [3.63, 3.8) is 0 Å². The van der Waals surface area contributed by atoms with Gasteiger partial charge in [0.25, 0.3) is 0 Å². The molecule has 0 aromatic carbocycles. The molecule has 1 unspecified atom stereocenters. The summed E-state index contributed by atoms with van der Waals surface area (Å²) in [7, 11) is 0. The third-order valence-electron chi connectivity index (χ3n) is 5.69. The Balaban J connectivity index is 4.27. The largest absolute Gasteiger partial charge is 0.481 e. The van der Waals surface area contributed by atoms with Crippen molar-refractivity contribution >= 4 is 17.7 Å². The van der Waals surface area contributed by atoms with E-state index in [9.17, 15) is 14.4 Å². The second-order valence-electron chi connectivity index (χ2n) is 8.48. The van der Waals surface area contributed by atoms with Crippen molar-refractivity contribution < 1.29 is 24.2 Å². The van der Waals surface area contributed by atoms with Crippen molar-refractivity contribution in [2.24, 2.45) is 10.8 Å². The maximum atomic E-state index is 12.5. The molecule has 0 amide bonds. The van der Waals surface area contributed by atoms with Gasteiger partial charge in [-0.05, 0) is 58.3 Å². The Hall–Kier alpha value is -1.39. The van der Waals surface area contributed by atoms with Gasteiger partial charge in [0.2, 0.25) is 0 Å². The molecule has 0 aliphatic carbocycles. The summed E-state index contributed by atoms with van der Waals surface area (Å²) in [5.41, 5.74) is -0.879. The minimum absolute atomic E-state index is 0.0831. The summed E-state index contributed by atoms with van der Waals surface area (Å²) in [4.78, 5) is 34.9. The average molecular weight is 371 g/mol. The Morgan fingerprint density at radius 3 is 2.00 bits per heavy atom. The van der Waals surface area contributed by atoms with Gasteiger partial charge in [0.15, 0.2) is 0 Å². The Kier molecular flexibility index (Phi) is 10.7. The van der Waals surface area contributed by atoms with E-state index in [1.165, 1.54) is 0 Å². The molecule has 26 heavy (non-hydrogen) atoms. The standard InChI is InChI=1S/C21H38O5/c1-7-16(2)26-19(25)21(5,6)20(3,4)15-11-13-17(22)12-9-8-10-14-18(23)24/h16H,7-15H2,1-6H3,(H,23,24). The van der Waals surface area contributed by atoms with Crippen LogP contribution >= 0.6 is 0 Å². The van der Waals surface area contributed by atoms with Crippen LogP contribution in [-0.2, 0) is 19.1 Å². The first-order valence-electron chi connectivity index (χ1n) is 9.88. The Morgan fingerprint density at radius 1 is 0.923 bits per heavy atom. The molecule has 152 valence electrons. The molecule has 0 aromatic rings. The van der Waals surface area contributed by atoms with Crippen LogP contribution < -0.4 is 0 Å². The monoisotopic (exact) mass is 370 g/mol. The van der Waals surface area contributed by atoms with Crippen molar-refractivity contribution in [2.75, 3.05) is 0 Å². The van der Waals surface area contributed by atoms with Crippen LogP contribution in [0.2, 0.25) is 0 Å². The molecule has 0 saturated carbocycles. The molecule has 5 heteroatoms. The van der Waals surface area contributed by atoms with Crippen LogP contribution in [0.4, 0.5) is 0 Å². The van der Waals surface area contributed by atoms with Crippen LogP contribution in [0, 0.1) is 10.8 Å². The fourth-order valence-corrected chi connectivity index (χ4v) is 2.63. The van der Waals surface area contributed by atoms with Gasteiger partial charge in [0.1, 0.15) is 5.78 Å². The molecule has 0 heterocycles. The number of ether oxygens (including phenoxy) is 1. The second-order valence-corrected chi connectivity index (χ2v) is 8.48. The highest BCUT2D eigenvalue weighted by Gasteiger charge is 2.44. The fraction of sp³-hybridized carbons (Fsp3) is 0.857. The zero-order valence-corrected chi connectivity index (χ0v) is 17.5. The third kappa shape index (κ3) is 8.81. The van der Waals surface area contributed by atoms with Crippen LogP contribution in [-0.4, -0.2) is 28.9 Å². The SMILES string of the molecule is CCC(C)OC(=O)C(C)(C)C(C)(C)CCCC(=O)CCCCCC(=O)O. The number of unbranched alkanes of at least 4 members (excludes halogenated alkanes) is 2. The van der Waals surface area contributed by atoms with Gasteiger partial charge in [-0.15, -0.1) is 0 Å². The molecule has 0 bridgehead atoms. The minimum atomic E-state index is -0.784. The van der Waals surface area contributed by atoms with Gasteiger partial charge < -0.3 is 9.84 Å². The van der Waals surface area contributed by atoms with Gasteiger partial charge in [0, 0.05) is 19.3 Å². The van der Waals surface area contributed by atoms with Crippen molar-refractivity contribution in [1.82, 2.24) is 0 Å². The smallest absolute Gasteiger partial charge is 0.312 e. The van der Waals surface area contributed by atoms with Crippen LogP contribution in [0.5, 0.6) is 0 Å². The first kappa shape index (κ1) is 24.6. The highest BCUT2D eigenvalue weighted by atomic mass is 16.5. The minimum Gasteiger partial charge on any atom is -0.481 e. The van der Waals surface area contributed by atoms with Gasteiger partial charge in [0.05, 0.1) is 11.5 Å². The summed E-state index contributed by atoms with van der Waals surface area (Å²) in [5, 5.41) is 8.58. The lowest BCUT2D eigenvalue weighted by atomic mass is 9.65. The summed E-state index contributed by atoms with van der Waals surface area (Å²) < 4.78 is 5.52. The second kappa shape index (κ2) is 11.3. The number of Topliss-reactive ketones (excluding diaryl/α,β-unsaturated/α-hetero) is 1. The fourth-order valence-electron chi connectivity index (χ4n) is 2.63. The Labute approximate surface area is 158 Å². The van der Waals surface area contributed by atoms with Gasteiger partial charge in [-0.1, -0.05) is 27.2 Å². The number of carbonyl (C=O) groups excluding carboxylic acids is 2. The predicted molar refractivity (Wildman–Crippen MR) is 103 cm³/mol. The molecule has 0 saturated heterocycles. The highest BCUT2D eigenvalue weighted by Crippen LogP contribution is 2.43. The molecule has 0 rings (SSSR count). The number of rotatable bonds is 14. The van der Waals surface area contributed by atoms with Crippen LogP contribution in [0.1, 0.15) is 99.3 Å². The van der Waals surface area contributed by atoms with Crippen molar-refractivity contribution in [1.29, 1.82) is 0 Å². The van der Waals surface area contributed by atoms with E-state index in [4.69, 9.17) is 9.84 Å². The topological polar surface area (TPSA) is 80.7 Å². The lowest BCUT2D eigenvalue weighted by Crippen LogP contribution is -2.42. The third-order valence-corrected chi connectivity index (χ3v) is 5.69. The van der Waals surface area contributed by atoms with Gasteiger partial charge in [-0.25, -0.2) is 0 Å². The van der Waals surface area contributed by atoms with Crippen LogP contribution in [0.25, 0.3) is 0 Å². The van der Waals surface area contributed by atoms with E-state index in [0.29, 0.717) is 19.3 Å².